The Morgan fingerprint density at radius 2 is 1.96 bits per heavy atom. The van der Waals surface area contributed by atoms with Gasteiger partial charge in [-0.1, -0.05) is 23.7 Å². The van der Waals surface area contributed by atoms with Crippen molar-refractivity contribution in [1.29, 1.82) is 0 Å². The van der Waals surface area contributed by atoms with Crippen LogP contribution < -0.4 is 14.8 Å². The second-order valence-electron chi connectivity index (χ2n) is 6.43. The van der Waals surface area contributed by atoms with E-state index in [0.717, 1.165) is 12.1 Å². The van der Waals surface area contributed by atoms with Gasteiger partial charge in [-0.05, 0) is 37.4 Å². The summed E-state index contributed by atoms with van der Waals surface area (Å²) >= 11 is 5.64. The van der Waals surface area contributed by atoms with Crippen molar-refractivity contribution < 1.29 is 27.4 Å². The number of anilines is 1. The zero-order valence-corrected chi connectivity index (χ0v) is 15.7. The van der Waals surface area contributed by atoms with Gasteiger partial charge in [0.25, 0.3) is 0 Å². The molecule has 0 aromatic heterocycles. The molecule has 0 fully saturated rings. The van der Waals surface area contributed by atoms with Crippen molar-refractivity contribution in [3.05, 3.63) is 53.1 Å². The van der Waals surface area contributed by atoms with Crippen molar-refractivity contribution in [2.24, 2.45) is 0 Å². The number of rotatable bonds is 5. The third-order valence-corrected chi connectivity index (χ3v) is 4.29. The first kappa shape index (κ1) is 20.3. The number of halogens is 4. The van der Waals surface area contributed by atoms with Crippen molar-refractivity contribution in [3.63, 3.8) is 0 Å². The maximum Gasteiger partial charge on any atom is 0.418 e. The Morgan fingerprint density at radius 1 is 1.25 bits per heavy atom. The summed E-state index contributed by atoms with van der Waals surface area (Å²) in [6, 6.07) is 10.5. The number of para-hydroxylation sites is 2. The zero-order valence-electron chi connectivity index (χ0n) is 14.9. The molecule has 1 aliphatic heterocycles. The average molecular weight is 415 g/mol. The summed E-state index contributed by atoms with van der Waals surface area (Å²) in [5.74, 6) is 0.696. The van der Waals surface area contributed by atoms with Crippen LogP contribution in [0.15, 0.2) is 42.5 Å². The smallest absolute Gasteiger partial charge is 0.418 e. The Hall–Kier alpha value is -2.45. The number of amides is 1. The van der Waals surface area contributed by atoms with Gasteiger partial charge in [0.2, 0.25) is 5.91 Å². The molecule has 1 aliphatic rings. The minimum absolute atomic E-state index is 0.0582. The minimum atomic E-state index is -4.62. The highest BCUT2D eigenvalue weighted by atomic mass is 35.5. The summed E-state index contributed by atoms with van der Waals surface area (Å²) in [7, 11) is 1.68. The number of benzene rings is 2. The molecule has 2 aromatic carbocycles. The summed E-state index contributed by atoms with van der Waals surface area (Å²) in [5.41, 5.74) is -1.32. The van der Waals surface area contributed by atoms with E-state index in [4.69, 9.17) is 21.1 Å². The van der Waals surface area contributed by atoms with Crippen LogP contribution in [-0.2, 0) is 11.0 Å². The standard InChI is InChI=1S/C19H18ClF3N2O3/c1-25(9-13-11-27-16-4-2-3-5-17(16)28-13)10-18(26)24-15-7-6-12(20)8-14(15)19(21,22)23/h2-8,13H,9-11H2,1H3,(H,24,26). The van der Waals surface area contributed by atoms with E-state index in [1.165, 1.54) is 6.07 Å². The van der Waals surface area contributed by atoms with Crippen LogP contribution in [-0.4, -0.2) is 43.7 Å². The lowest BCUT2D eigenvalue weighted by molar-refractivity contribution is -0.137. The van der Waals surface area contributed by atoms with Gasteiger partial charge < -0.3 is 14.8 Å². The molecule has 1 atom stereocenters. The lowest BCUT2D eigenvalue weighted by atomic mass is 10.1. The number of carbonyl (C=O) groups is 1. The maximum absolute atomic E-state index is 13.1. The van der Waals surface area contributed by atoms with Crippen LogP contribution in [0.4, 0.5) is 18.9 Å². The number of likely N-dealkylation sites (N-methyl/N-ethyl adjacent to an activating group) is 1. The maximum atomic E-state index is 13.1. The molecule has 28 heavy (non-hydrogen) atoms. The molecule has 0 aliphatic carbocycles. The van der Waals surface area contributed by atoms with E-state index in [9.17, 15) is 18.0 Å². The fraction of sp³-hybridized carbons (Fsp3) is 0.316. The lowest BCUT2D eigenvalue weighted by Crippen LogP contribution is -2.42. The largest absolute Gasteiger partial charge is 0.486 e. The second-order valence-corrected chi connectivity index (χ2v) is 6.87. The molecule has 2 aromatic rings. The molecule has 1 N–H and O–H groups in total. The van der Waals surface area contributed by atoms with Crippen molar-refractivity contribution in [2.45, 2.75) is 12.3 Å². The Balaban J connectivity index is 1.57. The topological polar surface area (TPSA) is 50.8 Å². The predicted molar refractivity (Wildman–Crippen MR) is 98.9 cm³/mol. The van der Waals surface area contributed by atoms with Crippen LogP contribution in [0.3, 0.4) is 0 Å². The normalized spacial score (nSPS) is 16.1. The van der Waals surface area contributed by atoms with Crippen LogP contribution in [0.1, 0.15) is 5.56 Å². The zero-order chi connectivity index (χ0) is 20.3. The van der Waals surface area contributed by atoms with Gasteiger partial charge in [0.05, 0.1) is 17.8 Å². The van der Waals surface area contributed by atoms with Crippen LogP contribution in [0, 0.1) is 0 Å². The van der Waals surface area contributed by atoms with Crippen LogP contribution in [0.25, 0.3) is 0 Å². The van der Waals surface area contributed by atoms with E-state index in [1.807, 2.05) is 12.1 Å². The molecule has 1 unspecified atom stereocenters. The van der Waals surface area contributed by atoms with Crippen molar-refractivity contribution in [3.8, 4) is 11.5 Å². The number of nitrogens with one attached hydrogen (secondary N) is 1. The molecular weight excluding hydrogens is 397 g/mol. The number of alkyl halides is 3. The molecule has 1 amide bonds. The van der Waals surface area contributed by atoms with Crippen molar-refractivity contribution >= 4 is 23.2 Å². The van der Waals surface area contributed by atoms with Gasteiger partial charge in [0.15, 0.2) is 11.5 Å². The molecular formula is C19H18ClF3N2O3. The number of fused-ring (bicyclic) bond motifs is 1. The summed E-state index contributed by atoms with van der Waals surface area (Å²) in [6.45, 7) is 0.578. The van der Waals surface area contributed by atoms with Gasteiger partial charge in [-0.15, -0.1) is 0 Å². The number of hydrogen-bond acceptors (Lipinski definition) is 4. The highest BCUT2D eigenvalue weighted by Gasteiger charge is 2.34. The van der Waals surface area contributed by atoms with Gasteiger partial charge in [0.1, 0.15) is 12.7 Å². The molecule has 150 valence electrons. The van der Waals surface area contributed by atoms with Crippen LogP contribution in [0.5, 0.6) is 11.5 Å². The summed E-state index contributed by atoms with van der Waals surface area (Å²) in [6.07, 6.45) is -4.92. The number of nitrogens with zero attached hydrogens (tertiary/aromatic N) is 1. The van der Waals surface area contributed by atoms with Crippen LogP contribution in [0.2, 0.25) is 5.02 Å². The first-order valence-electron chi connectivity index (χ1n) is 8.46. The Morgan fingerprint density at radius 3 is 2.68 bits per heavy atom. The van der Waals surface area contributed by atoms with Crippen LogP contribution >= 0.6 is 11.6 Å². The first-order chi connectivity index (χ1) is 13.2. The van der Waals surface area contributed by atoms with Gasteiger partial charge in [-0.2, -0.15) is 13.2 Å². The minimum Gasteiger partial charge on any atom is -0.486 e. The molecule has 0 radical (unpaired) electrons. The SMILES string of the molecule is CN(CC(=O)Nc1ccc(Cl)cc1C(F)(F)F)CC1COc2ccccc2O1. The molecule has 0 bridgehead atoms. The predicted octanol–water partition coefficient (Wildman–Crippen LogP) is 4.07. The lowest BCUT2D eigenvalue weighted by Gasteiger charge is -2.29. The third kappa shape index (κ3) is 5.08. The van der Waals surface area contributed by atoms with E-state index in [0.29, 0.717) is 24.7 Å². The molecule has 0 spiro atoms. The monoisotopic (exact) mass is 414 g/mol. The molecule has 5 nitrogen and oxygen atoms in total. The van der Waals surface area contributed by atoms with Gasteiger partial charge in [0, 0.05) is 11.6 Å². The summed E-state index contributed by atoms with van der Waals surface area (Å²) in [4.78, 5) is 13.9. The molecule has 0 saturated carbocycles. The summed E-state index contributed by atoms with van der Waals surface area (Å²) < 4.78 is 50.8. The van der Waals surface area contributed by atoms with Gasteiger partial charge in [-0.25, -0.2) is 0 Å². The summed E-state index contributed by atoms with van der Waals surface area (Å²) in [5, 5.41) is 2.24. The molecule has 9 heteroatoms. The second kappa shape index (κ2) is 8.28. The molecule has 0 saturated heterocycles. The van der Waals surface area contributed by atoms with E-state index >= 15 is 0 Å². The van der Waals surface area contributed by atoms with Crippen molar-refractivity contribution in [2.75, 3.05) is 32.1 Å². The number of ether oxygens (including phenoxy) is 2. The fourth-order valence-electron chi connectivity index (χ4n) is 2.86. The Kier molecular flexibility index (Phi) is 6.00. The number of hydrogen-bond donors (Lipinski definition) is 1. The van der Waals surface area contributed by atoms with Gasteiger partial charge in [-0.3, -0.25) is 9.69 Å². The van der Waals surface area contributed by atoms with Crippen molar-refractivity contribution in [1.82, 2.24) is 4.90 Å². The highest BCUT2D eigenvalue weighted by Crippen LogP contribution is 2.36. The Labute approximate surface area is 165 Å². The molecule has 1 heterocycles. The van der Waals surface area contributed by atoms with E-state index in [-0.39, 0.29) is 23.4 Å². The van der Waals surface area contributed by atoms with Gasteiger partial charge >= 0.3 is 6.18 Å². The fourth-order valence-corrected chi connectivity index (χ4v) is 3.03. The quantitative estimate of drug-likeness (QED) is 0.801. The highest BCUT2D eigenvalue weighted by molar-refractivity contribution is 6.30. The van der Waals surface area contributed by atoms with E-state index in [1.54, 1.807) is 24.1 Å². The Bertz CT molecular complexity index is 861. The first-order valence-corrected chi connectivity index (χ1v) is 8.84. The van der Waals surface area contributed by atoms with E-state index in [2.05, 4.69) is 5.32 Å². The third-order valence-electron chi connectivity index (χ3n) is 4.06. The number of carbonyl (C=O) groups excluding carboxylic acids is 1. The molecule has 3 rings (SSSR count). The average Bonchev–Trinajstić information content (AvgIpc) is 2.62. The van der Waals surface area contributed by atoms with E-state index < -0.39 is 17.6 Å².